The Bertz CT molecular complexity index is 61.1. The van der Waals surface area contributed by atoms with Crippen molar-refractivity contribution in [2.24, 2.45) is 0 Å². The van der Waals surface area contributed by atoms with Gasteiger partial charge >= 0.3 is 0 Å². The molecule has 1 heterocycles. The topological polar surface area (TPSA) is 30.5 Å². The van der Waals surface area contributed by atoms with Gasteiger partial charge < -0.3 is 9.49 Å². The molecule has 5 heteroatoms. The molecule has 58 valence electrons. The molecule has 1 N–H and O–H groups in total. The highest BCUT2D eigenvalue weighted by atomic mass is 16.6. The standard InChI is InChI=1S/C3H9BO.C2H6BNO/c1-3(2)5-4;1-2-5-4-3-1/h3H,4H2,1-2H3;3-4H,1-2H2. The first-order valence-electron chi connectivity index (χ1n) is 3.65. The summed E-state index contributed by atoms with van der Waals surface area (Å²) in [6.07, 6.45) is 1.55. The molecule has 0 radical (unpaired) electrons. The fourth-order valence-corrected chi connectivity index (χ4v) is 0.361. The lowest BCUT2D eigenvalue weighted by Crippen LogP contribution is -2.05. The van der Waals surface area contributed by atoms with E-state index < -0.39 is 0 Å². The molecular weight excluding hydrogens is 128 g/mol. The molecule has 0 aromatic carbocycles. The third-order valence-electron chi connectivity index (χ3n) is 1.10. The van der Waals surface area contributed by atoms with Gasteiger partial charge in [0.2, 0.25) is 7.41 Å². The van der Waals surface area contributed by atoms with Crippen molar-refractivity contribution in [3.05, 3.63) is 0 Å². The molecule has 0 spiro atoms. The van der Waals surface area contributed by atoms with E-state index >= 15 is 0 Å². The van der Waals surface area contributed by atoms with E-state index in [1.807, 2.05) is 13.8 Å². The lowest BCUT2D eigenvalue weighted by molar-refractivity contribution is 0.128. The van der Waals surface area contributed by atoms with Crippen molar-refractivity contribution in [2.75, 3.05) is 6.61 Å². The summed E-state index contributed by atoms with van der Waals surface area (Å²) >= 11 is 0. The number of hydrogen-bond donors (Lipinski definition) is 1. The largest absolute Gasteiger partial charge is 0.442 e. The molecule has 0 aromatic heterocycles. The maximum Gasteiger partial charge on any atom is 0.257 e. The van der Waals surface area contributed by atoms with Gasteiger partial charge in [0.05, 0.1) is 6.61 Å². The predicted molar refractivity (Wildman–Crippen MR) is 45.8 cm³/mol. The van der Waals surface area contributed by atoms with E-state index in [1.165, 1.54) is 6.32 Å². The smallest absolute Gasteiger partial charge is 0.257 e. The summed E-state index contributed by atoms with van der Waals surface area (Å²) in [5.74, 6) is 0. The second kappa shape index (κ2) is 7.12. The zero-order chi connectivity index (χ0) is 7.82. The highest BCUT2D eigenvalue weighted by Crippen LogP contribution is 1.82. The third kappa shape index (κ3) is 8.01. The van der Waals surface area contributed by atoms with Crippen LogP contribution in [0.3, 0.4) is 0 Å². The summed E-state index contributed by atoms with van der Waals surface area (Å²) < 4.78 is 4.75. The molecule has 0 aliphatic carbocycles. The minimum absolute atomic E-state index is 0.384. The van der Waals surface area contributed by atoms with Gasteiger partial charge in [0, 0.05) is 6.10 Å². The summed E-state index contributed by atoms with van der Waals surface area (Å²) in [4.78, 5) is 4.69. The van der Waals surface area contributed by atoms with Crippen LogP contribution in [0.15, 0.2) is 0 Å². The molecular formula is C5H15B2NO2. The molecule has 1 rings (SSSR count). The van der Waals surface area contributed by atoms with Crippen LogP contribution < -0.4 is 5.39 Å². The van der Waals surface area contributed by atoms with Gasteiger partial charge in [-0.25, -0.2) is 5.39 Å². The zero-order valence-electron chi connectivity index (χ0n) is 7.02. The molecule has 1 aliphatic heterocycles. The normalized spacial score (nSPS) is 15.9. The van der Waals surface area contributed by atoms with Gasteiger partial charge in [0.25, 0.3) is 8.05 Å². The van der Waals surface area contributed by atoms with Crippen LogP contribution in [0.5, 0.6) is 0 Å². The quantitative estimate of drug-likeness (QED) is 0.489. The molecule has 1 fully saturated rings. The second-order valence-electron chi connectivity index (χ2n) is 2.38. The Labute approximate surface area is 64.1 Å². The van der Waals surface area contributed by atoms with Crippen molar-refractivity contribution in [1.29, 1.82) is 0 Å². The Morgan fingerprint density at radius 3 is 2.40 bits per heavy atom. The average Bonchev–Trinajstić information content (AvgIpc) is 2.43. The van der Waals surface area contributed by atoms with Crippen LogP contribution in [0.2, 0.25) is 6.32 Å². The molecule has 1 aliphatic rings. The summed E-state index contributed by atoms with van der Waals surface area (Å²) in [5, 5.41) is 2.72. The molecule has 1 saturated heterocycles. The van der Waals surface area contributed by atoms with Crippen LogP contribution in [0, 0.1) is 0 Å². The van der Waals surface area contributed by atoms with Crippen LogP contribution in [0.1, 0.15) is 13.8 Å². The highest BCUT2D eigenvalue weighted by molar-refractivity contribution is 6.32. The van der Waals surface area contributed by atoms with Crippen molar-refractivity contribution in [2.45, 2.75) is 26.3 Å². The summed E-state index contributed by atoms with van der Waals surface area (Å²) in [5.41, 5.74) is 0. The Balaban J connectivity index is 0.000000162. The highest BCUT2D eigenvalue weighted by Gasteiger charge is 1.96. The maximum atomic E-state index is 4.75. The lowest BCUT2D eigenvalue weighted by atomic mass is 9.94. The van der Waals surface area contributed by atoms with Gasteiger partial charge in [-0.05, 0) is 20.2 Å². The van der Waals surface area contributed by atoms with Crippen molar-refractivity contribution >= 4 is 15.5 Å². The van der Waals surface area contributed by atoms with Crippen LogP contribution in [-0.2, 0) is 9.49 Å². The summed E-state index contributed by atoms with van der Waals surface area (Å²) in [7, 11) is 2.73. The minimum atomic E-state index is 0.384. The SMILES string of the molecule is B1CCON1.BOC(C)C. The van der Waals surface area contributed by atoms with Crippen molar-refractivity contribution in [1.82, 2.24) is 5.39 Å². The lowest BCUT2D eigenvalue weighted by Gasteiger charge is -1.95. The Morgan fingerprint density at radius 2 is 2.30 bits per heavy atom. The van der Waals surface area contributed by atoms with E-state index in [1.54, 1.807) is 8.05 Å². The third-order valence-corrected chi connectivity index (χ3v) is 1.10. The van der Waals surface area contributed by atoms with Gasteiger partial charge in [0.15, 0.2) is 0 Å². The fraction of sp³-hybridized carbons (Fsp3) is 1.00. The van der Waals surface area contributed by atoms with E-state index in [2.05, 4.69) is 5.39 Å². The molecule has 0 bridgehead atoms. The van der Waals surface area contributed by atoms with Crippen LogP contribution in [-0.4, -0.2) is 28.2 Å². The first-order chi connectivity index (χ1) is 4.77. The maximum absolute atomic E-state index is 4.75. The number of nitrogens with one attached hydrogen (secondary N) is 1. The predicted octanol–water partition coefficient (Wildman–Crippen LogP) is -0.750. The Morgan fingerprint density at radius 1 is 1.70 bits per heavy atom. The average molecular weight is 143 g/mol. The molecule has 0 aromatic rings. The van der Waals surface area contributed by atoms with Crippen molar-refractivity contribution in [3.63, 3.8) is 0 Å². The monoisotopic (exact) mass is 143 g/mol. The zero-order valence-corrected chi connectivity index (χ0v) is 7.02. The first-order valence-corrected chi connectivity index (χ1v) is 3.65. The molecule has 0 amide bonds. The van der Waals surface area contributed by atoms with Gasteiger partial charge in [-0.3, -0.25) is 0 Å². The van der Waals surface area contributed by atoms with E-state index in [0.717, 1.165) is 14.0 Å². The molecule has 0 atom stereocenters. The molecule has 10 heavy (non-hydrogen) atoms. The summed E-state index contributed by atoms with van der Waals surface area (Å²) in [6.45, 7) is 4.89. The second-order valence-corrected chi connectivity index (χ2v) is 2.38. The van der Waals surface area contributed by atoms with E-state index in [9.17, 15) is 0 Å². The van der Waals surface area contributed by atoms with Gasteiger partial charge in [-0.15, -0.1) is 0 Å². The molecule has 3 nitrogen and oxygen atoms in total. The fourth-order valence-electron chi connectivity index (χ4n) is 0.361. The molecule has 0 unspecified atom stereocenters. The van der Waals surface area contributed by atoms with Crippen molar-refractivity contribution in [3.8, 4) is 0 Å². The number of rotatable bonds is 1. The minimum Gasteiger partial charge on any atom is -0.442 e. The van der Waals surface area contributed by atoms with E-state index in [0.29, 0.717) is 6.10 Å². The van der Waals surface area contributed by atoms with Crippen LogP contribution in [0.25, 0.3) is 0 Å². The van der Waals surface area contributed by atoms with E-state index in [-0.39, 0.29) is 0 Å². The first kappa shape index (κ1) is 10.0. The van der Waals surface area contributed by atoms with Gasteiger partial charge in [-0.2, -0.15) is 0 Å². The van der Waals surface area contributed by atoms with Crippen LogP contribution >= 0.6 is 0 Å². The van der Waals surface area contributed by atoms with Crippen molar-refractivity contribution < 1.29 is 9.49 Å². The molecule has 0 saturated carbocycles. The van der Waals surface area contributed by atoms with E-state index in [4.69, 9.17) is 9.49 Å². The van der Waals surface area contributed by atoms with Gasteiger partial charge in [0.1, 0.15) is 0 Å². The van der Waals surface area contributed by atoms with Gasteiger partial charge in [-0.1, -0.05) is 0 Å². The van der Waals surface area contributed by atoms with Crippen LogP contribution in [0.4, 0.5) is 0 Å². The Kier molecular flexibility index (Phi) is 7.13. The summed E-state index contributed by atoms with van der Waals surface area (Å²) in [6, 6.07) is 0. The number of hydrogen-bond acceptors (Lipinski definition) is 3. The Hall–Kier alpha value is 0.00987.